The van der Waals surface area contributed by atoms with Crippen molar-refractivity contribution in [3.63, 3.8) is 0 Å². The van der Waals surface area contributed by atoms with Crippen LogP contribution in [0, 0.1) is 11.8 Å². The Labute approximate surface area is 75.7 Å². The summed E-state index contributed by atoms with van der Waals surface area (Å²) in [5, 5.41) is 0. The molecule has 0 aromatic rings. The molecule has 2 aliphatic rings. The third-order valence-corrected chi connectivity index (χ3v) is 4.45. The summed E-state index contributed by atoms with van der Waals surface area (Å²) in [6, 6.07) is 0. The number of halogens is 1. The highest BCUT2D eigenvalue weighted by Crippen LogP contribution is 2.49. The first-order valence-electron chi connectivity index (χ1n) is 4.00. The van der Waals surface area contributed by atoms with Crippen LogP contribution in [0.15, 0.2) is 0 Å². The van der Waals surface area contributed by atoms with E-state index in [1.165, 1.54) is 19.3 Å². The summed E-state index contributed by atoms with van der Waals surface area (Å²) in [5.74, 6) is 1.78. The maximum absolute atomic E-state index is 5.46. The van der Waals surface area contributed by atoms with Crippen molar-refractivity contribution in [3.8, 4) is 0 Å². The summed E-state index contributed by atoms with van der Waals surface area (Å²) in [6.45, 7) is 0. The minimum Gasteiger partial charge on any atom is -0.381 e. The van der Waals surface area contributed by atoms with Crippen molar-refractivity contribution in [2.24, 2.45) is 11.8 Å². The lowest BCUT2D eigenvalue weighted by Gasteiger charge is -2.14. The van der Waals surface area contributed by atoms with Crippen LogP contribution in [0.5, 0.6) is 0 Å². The third kappa shape index (κ3) is 0.916. The molecule has 2 aliphatic carbocycles. The molecule has 0 saturated heterocycles. The van der Waals surface area contributed by atoms with Crippen LogP contribution in [0.3, 0.4) is 0 Å². The van der Waals surface area contributed by atoms with E-state index in [9.17, 15) is 0 Å². The van der Waals surface area contributed by atoms with Crippen molar-refractivity contribution in [1.82, 2.24) is 0 Å². The molecular weight excluding hydrogens is 239 g/mol. The van der Waals surface area contributed by atoms with Gasteiger partial charge in [0, 0.05) is 11.0 Å². The summed E-state index contributed by atoms with van der Waals surface area (Å²) in [7, 11) is 1.87. The SMILES string of the molecule is COC1C2CCC1C(I)C2. The number of fused-ring (bicyclic) bond motifs is 2. The third-order valence-electron chi connectivity index (χ3n) is 3.02. The fourth-order valence-electron chi connectivity index (χ4n) is 2.55. The lowest BCUT2D eigenvalue weighted by molar-refractivity contribution is 0.0673. The lowest BCUT2D eigenvalue weighted by atomic mass is 10.0. The van der Waals surface area contributed by atoms with E-state index in [1.54, 1.807) is 0 Å². The Balaban J connectivity index is 2.11. The smallest absolute Gasteiger partial charge is 0.0638 e. The number of ether oxygens (including phenoxy) is 1. The van der Waals surface area contributed by atoms with E-state index in [1.807, 2.05) is 7.11 Å². The quantitative estimate of drug-likeness (QED) is 0.513. The molecule has 2 saturated carbocycles. The first kappa shape index (κ1) is 7.35. The van der Waals surface area contributed by atoms with Crippen molar-refractivity contribution in [2.45, 2.75) is 29.3 Å². The second kappa shape index (κ2) is 2.63. The van der Waals surface area contributed by atoms with E-state index < -0.39 is 0 Å². The fraction of sp³-hybridized carbons (Fsp3) is 1.00. The zero-order valence-corrected chi connectivity index (χ0v) is 8.37. The minimum atomic E-state index is 0.613. The van der Waals surface area contributed by atoms with Crippen molar-refractivity contribution in [2.75, 3.05) is 7.11 Å². The average molecular weight is 252 g/mol. The topological polar surface area (TPSA) is 9.23 Å². The van der Waals surface area contributed by atoms with Gasteiger partial charge in [-0.05, 0) is 31.1 Å². The number of rotatable bonds is 1. The molecule has 10 heavy (non-hydrogen) atoms. The summed E-state index contributed by atoms with van der Waals surface area (Å²) >= 11 is 2.58. The predicted octanol–water partition coefficient (Wildman–Crippen LogP) is 2.23. The van der Waals surface area contributed by atoms with Gasteiger partial charge in [0.15, 0.2) is 0 Å². The van der Waals surface area contributed by atoms with Gasteiger partial charge < -0.3 is 4.74 Å². The molecule has 2 fully saturated rings. The Morgan fingerprint density at radius 2 is 2.20 bits per heavy atom. The summed E-state index contributed by atoms with van der Waals surface area (Å²) in [5.41, 5.74) is 0. The standard InChI is InChI=1S/C8H13IO/c1-10-8-5-2-3-6(8)7(9)4-5/h5-8H,2-4H2,1H3. The maximum atomic E-state index is 5.46. The molecule has 0 heterocycles. The molecule has 2 rings (SSSR count). The van der Waals surface area contributed by atoms with Crippen LogP contribution >= 0.6 is 22.6 Å². The van der Waals surface area contributed by atoms with Crippen LogP contribution in [0.1, 0.15) is 19.3 Å². The van der Waals surface area contributed by atoms with E-state index in [0.29, 0.717) is 6.10 Å². The molecule has 0 amide bonds. The average Bonchev–Trinajstić information content (AvgIpc) is 2.42. The molecule has 0 aliphatic heterocycles. The van der Waals surface area contributed by atoms with Gasteiger partial charge in [-0.2, -0.15) is 0 Å². The number of hydrogen-bond acceptors (Lipinski definition) is 1. The van der Waals surface area contributed by atoms with Crippen molar-refractivity contribution in [3.05, 3.63) is 0 Å². The Morgan fingerprint density at radius 1 is 1.40 bits per heavy atom. The zero-order chi connectivity index (χ0) is 7.14. The molecule has 2 bridgehead atoms. The largest absolute Gasteiger partial charge is 0.381 e. The Bertz CT molecular complexity index is 137. The number of alkyl halides is 1. The van der Waals surface area contributed by atoms with Crippen LogP contribution in [0.4, 0.5) is 0 Å². The maximum Gasteiger partial charge on any atom is 0.0638 e. The van der Waals surface area contributed by atoms with Gasteiger partial charge >= 0.3 is 0 Å². The number of hydrogen-bond donors (Lipinski definition) is 0. The number of methoxy groups -OCH3 is 1. The summed E-state index contributed by atoms with van der Waals surface area (Å²) in [4.78, 5) is 0. The highest BCUT2D eigenvalue weighted by atomic mass is 127. The molecule has 0 aromatic carbocycles. The lowest BCUT2D eigenvalue weighted by Crippen LogP contribution is -2.17. The second-order valence-electron chi connectivity index (χ2n) is 3.45. The van der Waals surface area contributed by atoms with Crippen LogP contribution in [0.25, 0.3) is 0 Å². The van der Waals surface area contributed by atoms with E-state index in [0.717, 1.165) is 15.8 Å². The van der Waals surface area contributed by atoms with Gasteiger partial charge in [-0.1, -0.05) is 22.6 Å². The Kier molecular flexibility index (Phi) is 1.93. The molecule has 4 unspecified atom stereocenters. The monoisotopic (exact) mass is 252 g/mol. The van der Waals surface area contributed by atoms with Gasteiger partial charge in [-0.25, -0.2) is 0 Å². The molecular formula is C8H13IO. The van der Waals surface area contributed by atoms with Gasteiger partial charge in [0.05, 0.1) is 6.10 Å². The zero-order valence-electron chi connectivity index (χ0n) is 6.22. The molecule has 1 nitrogen and oxygen atoms in total. The summed E-state index contributed by atoms with van der Waals surface area (Å²) in [6.07, 6.45) is 4.85. The highest BCUT2D eigenvalue weighted by molar-refractivity contribution is 14.1. The van der Waals surface area contributed by atoms with Gasteiger partial charge in [-0.3, -0.25) is 0 Å². The van der Waals surface area contributed by atoms with Crippen molar-refractivity contribution >= 4 is 22.6 Å². The molecule has 58 valence electrons. The minimum absolute atomic E-state index is 0.613. The van der Waals surface area contributed by atoms with E-state index in [-0.39, 0.29) is 0 Å². The van der Waals surface area contributed by atoms with E-state index in [4.69, 9.17) is 4.74 Å². The Hall–Kier alpha value is 0.690. The van der Waals surface area contributed by atoms with Crippen LogP contribution in [-0.4, -0.2) is 17.1 Å². The normalized spacial score (nSPS) is 52.2. The second-order valence-corrected chi connectivity index (χ2v) is 5.05. The summed E-state index contributed by atoms with van der Waals surface area (Å²) < 4.78 is 6.37. The molecule has 0 spiro atoms. The predicted molar refractivity (Wildman–Crippen MR) is 49.4 cm³/mol. The molecule has 0 aromatic heterocycles. The van der Waals surface area contributed by atoms with Gasteiger partial charge in [0.25, 0.3) is 0 Å². The van der Waals surface area contributed by atoms with Crippen molar-refractivity contribution < 1.29 is 4.74 Å². The molecule has 4 atom stereocenters. The first-order chi connectivity index (χ1) is 4.83. The van der Waals surface area contributed by atoms with E-state index >= 15 is 0 Å². The Morgan fingerprint density at radius 3 is 2.50 bits per heavy atom. The van der Waals surface area contributed by atoms with Crippen LogP contribution < -0.4 is 0 Å². The molecule has 0 radical (unpaired) electrons. The molecule has 0 N–H and O–H groups in total. The molecule has 2 heteroatoms. The van der Waals surface area contributed by atoms with Crippen molar-refractivity contribution in [1.29, 1.82) is 0 Å². The van der Waals surface area contributed by atoms with Gasteiger partial charge in [0.1, 0.15) is 0 Å². The van der Waals surface area contributed by atoms with Crippen LogP contribution in [-0.2, 0) is 4.74 Å². The first-order valence-corrected chi connectivity index (χ1v) is 5.24. The van der Waals surface area contributed by atoms with Crippen LogP contribution in [0.2, 0.25) is 0 Å². The van der Waals surface area contributed by atoms with E-state index in [2.05, 4.69) is 22.6 Å². The fourth-order valence-corrected chi connectivity index (χ4v) is 3.98. The van der Waals surface area contributed by atoms with Gasteiger partial charge in [-0.15, -0.1) is 0 Å². The highest BCUT2D eigenvalue weighted by Gasteiger charge is 2.47. The van der Waals surface area contributed by atoms with Gasteiger partial charge in [0.2, 0.25) is 0 Å².